The number of carbonyl (C=O) groups is 4. The second-order valence-corrected chi connectivity index (χ2v) is 19.6. The molecule has 1 aromatic carbocycles. The molecule has 8 heterocycles. The first-order valence-electron chi connectivity index (χ1n) is 24.4. The molecule has 4 saturated heterocycles. The molecule has 0 radical (unpaired) electrons. The topological polar surface area (TPSA) is 169 Å². The van der Waals surface area contributed by atoms with Gasteiger partial charge in [0.25, 0.3) is 11.5 Å². The molecule has 5 aliphatic heterocycles. The Morgan fingerprint density at radius 2 is 1.43 bits per heavy atom. The van der Waals surface area contributed by atoms with E-state index >= 15 is 0 Å². The first-order chi connectivity index (χ1) is 32.1. The van der Waals surface area contributed by atoms with Crippen LogP contribution in [0.15, 0.2) is 47.5 Å². The van der Waals surface area contributed by atoms with E-state index in [1.54, 1.807) is 22.6 Å². The third-order valence-corrected chi connectivity index (χ3v) is 15.6. The van der Waals surface area contributed by atoms with Crippen molar-refractivity contribution < 1.29 is 19.2 Å². The van der Waals surface area contributed by atoms with Gasteiger partial charge in [0.2, 0.25) is 17.8 Å². The maximum atomic E-state index is 13.6. The van der Waals surface area contributed by atoms with Crippen molar-refractivity contribution in [3.8, 4) is 0 Å². The van der Waals surface area contributed by atoms with Gasteiger partial charge in [-0.3, -0.25) is 38.8 Å². The van der Waals surface area contributed by atoms with Crippen LogP contribution in [0.5, 0.6) is 0 Å². The Hall–Kier alpha value is -5.16. The molecule has 2 N–H and O–H groups in total. The van der Waals surface area contributed by atoms with Crippen LogP contribution in [0.2, 0.25) is 0 Å². The largest absolute Gasteiger partial charge is 0.372 e. The molecule has 3 amide bonds. The zero-order chi connectivity index (χ0) is 45.5. The van der Waals surface area contributed by atoms with Gasteiger partial charge in [-0.05, 0) is 132 Å². The summed E-state index contributed by atoms with van der Waals surface area (Å²) < 4.78 is 1.73. The lowest BCUT2D eigenvalue weighted by Crippen LogP contribution is -2.52. The second-order valence-electron chi connectivity index (χ2n) is 19.6. The van der Waals surface area contributed by atoms with Gasteiger partial charge in [-0.2, -0.15) is 4.98 Å². The summed E-state index contributed by atoms with van der Waals surface area (Å²) in [5.74, 6) is 1.58. The summed E-state index contributed by atoms with van der Waals surface area (Å²) in [5, 5.41) is 6.37. The molecule has 16 nitrogen and oxygen atoms in total. The van der Waals surface area contributed by atoms with Crippen LogP contribution < -0.4 is 26.0 Å². The lowest BCUT2D eigenvalue weighted by atomic mass is 9.82. The van der Waals surface area contributed by atoms with Crippen LogP contribution in [0.4, 0.5) is 23.1 Å². The molecule has 1 saturated carbocycles. The number of piperidine rings is 3. The molecule has 5 fully saturated rings. The maximum absolute atomic E-state index is 13.6. The third-order valence-electron chi connectivity index (χ3n) is 15.6. The average Bonchev–Trinajstić information content (AvgIpc) is 3.97. The van der Waals surface area contributed by atoms with Gasteiger partial charge in [0.1, 0.15) is 17.5 Å². The number of hydrogen-bond acceptors (Lipinski definition) is 13. The zero-order valence-electron chi connectivity index (χ0n) is 39.3. The average molecular weight is 971 g/mol. The summed E-state index contributed by atoms with van der Waals surface area (Å²) in [6.07, 6.45) is 14.4. The highest BCUT2D eigenvalue weighted by Crippen LogP contribution is 2.36. The maximum Gasteiger partial charge on any atom is 0.263 e. The Bertz CT molecular complexity index is 2560. The number of pyridine rings is 2. The van der Waals surface area contributed by atoms with E-state index in [4.69, 9.17) is 9.97 Å². The predicted octanol–water partition coefficient (Wildman–Crippen LogP) is 6.30. The summed E-state index contributed by atoms with van der Waals surface area (Å²) in [6.45, 7) is 14.3. The number of ketones is 1. The molecule has 10 rings (SSSR count). The number of piperazine rings is 1. The summed E-state index contributed by atoms with van der Waals surface area (Å²) in [4.78, 5) is 89.3. The zero-order valence-corrected chi connectivity index (χ0v) is 40.9. The molecule has 68 heavy (non-hydrogen) atoms. The number of halogens is 2. The number of amides is 3. The fourth-order valence-electron chi connectivity index (χ4n) is 11.7. The molecule has 1 unspecified atom stereocenters. The Balaban J connectivity index is 0.00000312. The minimum atomic E-state index is -0.584. The highest BCUT2D eigenvalue weighted by Gasteiger charge is 2.39. The number of nitrogens with zero attached hydrogens (tertiary/aromatic N) is 9. The van der Waals surface area contributed by atoms with E-state index in [1.165, 1.54) is 52.1 Å². The van der Waals surface area contributed by atoms with Crippen molar-refractivity contribution in [2.75, 3.05) is 80.6 Å². The highest BCUT2D eigenvalue weighted by atomic mass is 35.5. The van der Waals surface area contributed by atoms with Gasteiger partial charge in [-0.25, -0.2) is 9.97 Å². The van der Waals surface area contributed by atoms with Crippen LogP contribution in [-0.4, -0.2) is 129 Å². The highest BCUT2D eigenvalue weighted by molar-refractivity contribution is 6.05. The van der Waals surface area contributed by atoms with Crippen LogP contribution >= 0.6 is 24.8 Å². The van der Waals surface area contributed by atoms with Crippen molar-refractivity contribution >= 4 is 82.5 Å². The van der Waals surface area contributed by atoms with Crippen LogP contribution in [-0.2, 0) is 16.1 Å². The molecule has 1 aliphatic carbocycles. The number of rotatable bonds is 12. The number of fused-ring (bicyclic) bond motifs is 2. The smallest absolute Gasteiger partial charge is 0.263 e. The summed E-state index contributed by atoms with van der Waals surface area (Å²) in [7, 11) is 0. The van der Waals surface area contributed by atoms with Crippen molar-refractivity contribution in [3.05, 3.63) is 75.3 Å². The molecular formula is C50H65Cl2N11O5. The van der Waals surface area contributed by atoms with Crippen molar-refractivity contribution in [3.63, 3.8) is 0 Å². The SMILES string of the molecule is CC(=O)c1c(C)c2cnc(Nc3ccc(N4CCN(CCN5CCC(CC6CCN(c7ccc8c(c7)CN(C7CCC(=O)NC7=O)C8=O)CC6)CC5)CC4)cn3)nc2n(C2CCCC2)c1=O.Cl.Cl. The number of benzene rings is 1. The van der Waals surface area contributed by atoms with Gasteiger partial charge in [0, 0.05) is 94.2 Å². The number of aryl methyl sites for hydroxylation is 1. The third kappa shape index (κ3) is 10.2. The Morgan fingerprint density at radius 1 is 0.765 bits per heavy atom. The standard InChI is InChI=1S/C50H63N11O5.2ClH/c1-32-41-30-52-50(55-46(41)61(37-5-3-4-6-37)49(66)45(32)33(2)62)53-43-11-8-39(29-51-43)59-25-23-57(24-26-59)22-21-56-17-13-34(14-18-56)27-35-15-19-58(20-16-35)38-7-9-40-36(28-38)31-60(48(40)65)42-10-12-44(63)54-47(42)64;;/h7-9,11,28-30,34-35,37,42H,3-6,10,12-27,31H2,1-2H3,(H,54,63,64)(H,51,52,53,55);2*1H. The van der Waals surface area contributed by atoms with Crippen molar-refractivity contribution in [1.29, 1.82) is 0 Å². The fourth-order valence-corrected chi connectivity index (χ4v) is 11.7. The molecule has 18 heteroatoms. The number of imide groups is 1. The van der Waals surface area contributed by atoms with Gasteiger partial charge in [0.05, 0.1) is 17.4 Å². The van der Waals surface area contributed by atoms with E-state index < -0.39 is 6.04 Å². The van der Waals surface area contributed by atoms with Gasteiger partial charge in [-0.15, -0.1) is 24.8 Å². The van der Waals surface area contributed by atoms with Crippen molar-refractivity contribution in [2.24, 2.45) is 11.8 Å². The predicted molar refractivity (Wildman–Crippen MR) is 268 cm³/mol. The number of anilines is 4. The number of Topliss-reactive ketones (excluding diaryl/α,β-unsaturated/α-hetero) is 1. The molecule has 0 bridgehead atoms. The summed E-state index contributed by atoms with van der Waals surface area (Å²) in [5.41, 5.74) is 5.06. The van der Waals surface area contributed by atoms with Gasteiger partial charge < -0.3 is 24.9 Å². The Morgan fingerprint density at radius 3 is 2.09 bits per heavy atom. The van der Waals surface area contributed by atoms with E-state index in [0.29, 0.717) is 41.5 Å². The molecule has 0 spiro atoms. The summed E-state index contributed by atoms with van der Waals surface area (Å²) >= 11 is 0. The number of aromatic nitrogens is 4. The lowest BCUT2D eigenvalue weighted by molar-refractivity contribution is -0.136. The first kappa shape index (κ1) is 49.3. The van der Waals surface area contributed by atoms with E-state index in [0.717, 1.165) is 112 Å². The van der Waals surface area contributed by atoms with Crippen LogP contribution in [0, 0.1) is 18.8 Å². The van der Waals surface area contributed by atoms with E-state index in [1.807, 2.05) is 18.3 Å². The molecular weight excluding hydrogens is 906 g/mol. The van der Waals surface area contributed by atoms with Crippen molar-refractivity contribution in [1.82, 2.24) is 39.5 Å². The van der Waals surface area contributed by atoms with Crippen LogP contribution in [0.3, 0.4) is 0 Å². The minimum absolute atomic E-state index is 0. The van der Waals surface area contributed by atoms with Crippen LogP contribution in [0.1, 0.15) is 115 Å². The normalized spacial score (nSPS) is 21.2. The number of hydrogen-bond donors (Lipinski definition) is 2. The number of likely N-dealkylation sites (tertiary alicyclic amines) is 1. The second kappa shape index (κ2) is 21.2. The number of nitrogens with one attached hydrogen (secondary N) is 2. The fraction of sp³-hybridized carbons (Fsp3) is 0.560. The van der Waals surface area contributed by atoms with Crippen molar-refractivity contribution in [2.45, 2.75) is 103 Å². The quantitative estimate of drug-likeness (QED) is 0.120. The van der Waals surface area contributed by atoms with Gasteiger partial charge >= 0.3 is 0 Å². The molecule has 3 aromatic heterocycles. The Kier molecular flexibility index (Phi) is 15.4. The minimum Gasteiger partial charge on any atom is -0.372 e. The van der Waals surface area contributed by atoms with E-state index in [-0.39, 0.29) is 71.9 Å². The molecule has 4 aromatic rings. The van der Waals surface area contributed by atoms with E-state index in [2.05, 4.69) is 53.4 Å². The van der Waals surface area contributed by atoms with Gasteiger partial charge in [-0.1, -0.05) is 12.8 Å². The molecule has 6 aliphatic rings. The number of carbonyl (C=O) groups excluding carboxylic acids is 4. The lowest BCUT2D eigenvalue weighted by Gasteiger charge is -2.39. The van der Waals surface area contributed by atoms with E-state index in [9.17, 15) is 24.0 Å². The molecule has 364 valence electrons. The Labute approximate surface area is 410 Å². The molecule has 1 atom stereocenters. The van der Waals surface area contributed by atoms with Crippen LogP contribution in [0.25, 0.3) is 11.0 Å². The monoisotopic (exact) mass is 969 g/mol. The first-order valence-corrected chi connectivity index (χ1v) is 24.4. The summed E-state index contributed by atoms with van der Waals surface area (Å²) in [6, 6.07) is 9.62. The van der Waals surface area contributed by atoms with Gasteiger partial charge in [0.15, 0.2) is 5.78 Å².